The van der Waals surface area contributed by atoms with E-state index >= 15 is 0 Å². The first-order valence-corrected chi connectivity index (χ1v) is 23.6. The minimum atomic E-state index is -4.70. The highest BCUT2D eigenvalue weighted by Gasteiger charge is 2.28. The lowest BCUT2D eigenvalue weighted by Crippen LogP contribution is -2.34. The van der Waals surface area contributed by atoms with Gasteiger partial charge in [0.2, 0.25) is 0 Å². The van der Waals surface area contributed by atoms with E-state index in [1.54, 1.807) is 0 Å². The second-order valence-corrected chi connectivity index (χ2v) is 16.7. The Morgan fingerprint density at radius 3 is 1.17 bits per heavy atom. The van der Waals surface area contributed by atoms with Crippen molar-refractivity contribution in [3.63, 3.8) is 0 Å². The first-order chi connectivity index (χ1) is 26.1. The first-order valence-electron chi connectivity index (χ1n) is 22.1. The number of phosphoric acid groups is 1. The highest BCUT2D eigenvalue weighted by molar-refractivity contribution is 7.47. The lowest BCUT2D eigenvalue weighted by atomic mass is 10.0. The number of esters is 2. The third-order valence-electron chi connectivity index (χ3n) is 9.86. The molecule has 320 valence electrons. The fourth-order valence-corrected chi connectivity index (χ4v) is 7.14. The molecule has 0 aromatic heterocycles. The quantitative estimate of drug-likeness (QED) is 0.0305. The molecule has 0 spiro atoms. The van der Waals surface area contributed by atoms with E-state index in [1.807, 2.05) is 0 Å². The van der Waals surface area contributed by atoms with E-state index < -0.39 is 51.1 Å². The van der Waals surface area contributed by atoms with Gasteiger partial charge in [0.1, 0.15) is 12.6 Å². The second kappa shape index (κ2) is 38.4. The van der Waals surface area contributed by atoms with Crippen molar-refractivity contribution in [3.8, 4) is 0 Å². The lowest BCUT2D eigenvalue weighted by molar-refractivity contribution is -0.161. The molecular formula is C42H82NO10P. The molecule has 4 N–H and O–H groups in total. The van der Waals surface area contributed by atoms with E-state index in [9.17, 15) is 23.8 Å². The maximum Gasteiger partial charge on any atom is 0.472 e. The second-order valence-electron chi connectivity index (χ2n) is 15.2. The molecule has 0 heterocycles. The van der Waals surface area contributed by atoms with Crippen LogP contribution in [0.2, 0.25) is 0 Å². The zero-order valence-corrected chi connectivity index (χ0v) is 35.5. The van der Waals surface area contributed by atoms with Gasteiger partial charge in [0.15, 0.2) is 6.10 Å². The summed E-state index contributed by atoms with van der Waals surface area (Å²) in [6.45, 7) is 2.80. The number of rotatable bonds is 42. The van der Waals surface area contributed by atoms with Crippen LogP contribution in [0, 0.1) is 0 Å². The summed E-state index contributed by atoms with van der Waals surface area (Å²) in [5.41, 5.74) is 5.32. The van der Waals surface area contributed by atoms with Gasteiger partial charge in [-0.2, -0.15) is 0 Å². The Morgan fingerprint density at radius 2 is 0.815 bits per heavy atom. The van der Waals surface area contributed by atoms with Crippen molar-refractivity contribution in [2.24, 2.45) is 5.73 Å². The number of hydrogen-bond acceptors (Lipinski definition) is 9. The van der Waals surface area contributed by atoms with E-state index in [4.69, 9.17) is 24.8 Å². The van der Waals surface area contributed by atoms with E-state index in [0.717, 1.165) is 38.5 Å². The number of aliphatic carboxylic acids is 1. The van der Waals surface area contributed by atoms with Crippen LogP contribution in [0.5, 0.6) is 0 Å². The molecular weight excluding hydrogens is 709 g/mol. The molecule has 0 fully saturated rings. The maximum atomic E-state index is 12.5. The van der Waals surface area contributed by atoms with Gasteiger partial charge in [-0.05, 0) is 12.8 Å². The topological polar surface area (TPSA) is 172 Å². The van der Waals surface area contributed by atoms with Gasteiger partial charge in [0.25, 0.3) is 0 Å². The van der Waals surface area contributed by atoms with Crippen molar-refractivity contribution < 1.29 is 47.5 Å². The van der Waals surface area contributed by atoms with Crippen molar-refractivity contribution >= 4 is 25.7 Å². The summed E-state index contributed by atoms with van der Waals surface area (Å²) in [6.07, 6.45) is 36.2. The van der Waals surface area contributed by atoms with E-state index in [1.165, 1.54) is 141 Å². The summed E-state index contributed by atoms with van der Waals surface area (Å²) in [5.74, 6) is -2.36. The van der Waals surface area contributed by atoms with E-state index in [0.29, 0.717) is 12.8 Å². The fraction of sp³-hybridized carbons (Fsp3) is 0.929. The predicted octanol–water partition coefficient (Wildman–Crippen LogP) is 11.5. The number of carbonyl (C=O) groups excluding carboxylic acids is 2. The molecule has 0 saturated heterocycles. The van der Waals surface area contributed by atoms with Gasteiger partial charge in [-0.15, -0.1) is 0 Å². The molecule has 0 aliphatic heterocycles. The van der Waals surface area contributed by atoms with Gasteiger partial charge in [-0.3, -0.25) is 23.4 Å². The number of carbonyl (C=O) groups is 3. The highest BCUT2D eigenvalue weighted by Crippen LogP contribution is 2.43. The lowest BCUT2D eigenvalue weighted by Gasteiger charge is -2.20. The van der Waals surface area contributed by atoms with Crippen molar-refractivity contribution in [1.82, 2.24) is 0 Å². The zero-order valence-electron chi connectivity index (χ0n) is 34.6. The molecule has 0 bridgehead atoms. The Morgan fingerprint density at radius 1 is 0.500 bits per heavy atom. The van der Waals surface area contributed by atoms with E-state index in [-0.39, 0.29) is 19.4 Å². The number of carboxylic acid groups (broad SMARTS) is 1. The average molecular weight is 792 g/mol. The Labute approximate surface area is 329 Å². The van der Waals surface area contributed by atoms with Crippen molar-refractivity contribution in [2.45, 2.75) is 231 Å². The van der Waals surface area contributed by atoms with Crippen LogP contribution in [-0.2, 0) is 37.5 Å². The monoisotopic (exact) mass is 792 g/mol. The van der Waals surface area contributed by atoms with Crippen molar-refractivity contribution in [1.29, 1.82) is 0 Å². The standard InChI is InChI=1S/C42H82NO10P/c1-3-5-7-9-11-13-14-15-16-17-18-19-20-21-22-23-24-26-27-29-31-33-40(44)50-35-38(36-51-54(48,49)52-37-39(43)42(46)47)53-41(45)34-32-30-28-25-12-10-8-6-4-2/h38-39H,3-37,43H2,1-2H3,(H,46,47)(H,48,49)/t38-,39-/m0/s1. The van der Waals surface area contributed by atoms with Crippen LogP contribution >= 0.6 is 7.82 Å². The van der Waals surface area contributed by atoms with Gasteiger partial charge in [0.05, 0.1) is 13.2 Å². The van der Waals surface area contributed by atoms with Crippen LogP contribution in [0.25, 0.3) is 0 Å². The largest absolute Gasteiger partial charge is 0.480 e. The summed E-state index contributed by atoms with van der Waals surface area (Å²) < 4.78 is 32.6. The number of nitrogens with two attached hydrogens (primary N) is 1. The summed E-state index contributed by atoms with van der Waals surface area (Å²) in [4.78, 5) is 45.8. The van der Waals surface area contributed by atoms with Crippen LogP contribution in [-0.4, -0.2) is 59.9 Å². The van der Waals surface area contributed by atoms with Gasteiger partial charge >= 0.3 is 25.7 Å². The molecule has 0 aromatic rings. The molecule has 12 heteroatoms. The number of ether oxygens (including phenoxy) is 2. The summed E-state index contributed by atoms with van der Waals surface area (Å²) in [6, 6.07) is -1.52. The Balaban J connectivity index is 4.15. The summed E-state index contributed by atoms with van der Waals surface area (Å²) in [7, 11) is -4.70. The van der Waals surface area contributed by atoms with Crippen molar-refractivity contribution in [3.05, 3.63) is 0 Å². The minimum Gasteiger partial charge on any atom is -0.480 e. The molecule has 1 unspecified atom stereocenters. The third-order valence-corrected chi connectivity index (χ3v) is 10.8. The number of carboxylic acids is 1. The third kappa shape index (κ3) is 37.4. The molecule has 54 heavy (non-hydrogen) atoms. The molecule has 0 aromatic carbocycles. The molecule has 11 nitrogen and oxygen atoms in total. The van der Waals surface area contributed by atoms with Crippen LogP contribution in [0.1, 0.15) is 219 Å². The van der Waals surface area contributed by atoms with Crippen molar-refractivity contribution in [2.75, 3.05) is 19.8 Å². The predicted molar refractivity (Wildman–Crippen MR) is 217 cm³/mol. The Bertz CT molecular complexity index is 937. The molecule has 0 aliphatic rings. The minimum absolute atomic E-state index is 0.167. The Hall–Kier alpha value is -1.52. The molecule has 3 atom stereocenters. The summed E-state index contributed by atoms with van der Waals surface area (Å²) >= 11 is 0. The van der Waals surface area contributed by atoms with Gasteiger partial charge in [0, 0.05) is 12.8 Å². The molecule has 0 amide bonds. The maximum absolute atomic E-state index is 12.5. The molecule has 0 saturated carbocycles. The Kier molecular flexibility index (Phi) is 37.3. The number of unbranched alkanes of at least 4 members (excludes halogenated alkanes) is 28. The molecule has 0 aliphatic carbocycles. The van der Waals surface area contributed by atoms with Crippen LogP contribution in [0.4, 0.5) is 0 Å². The normalized spacial score (nSPS) is 13.7. The molecule has 0 radical (unpaired) electrons. The average Bonchev–Trinajstić information content (AvgIpc) is 3.14. The van der Waals surface area contributed by atoms with Gasteiger partial charge in [-0.1, -0.05) is 194 Å². The summed E-state index contributed by atoms with van der Waals surface area (Å²) in [5, 5.41) is 8.87. The van der Waals surface area contributed by atoms with E-state index in [2.05, 4.69) is 18.4 Å². The highest BCUT2D eigenvalue weighted by atomic mass is 31.2. The zero-order chi connectivity index (χ0) is 40.0. The van der Waals surface area contributed by atoms with Crippen LogP contribution in [0.3, 0.4) is 0 Å². The number of phosphoric ester groups is 1. The smallest absolute Gasteiger partial charge is 0.472 e. The number of hydrogen-bond donors (Lipinski definition) is 3. The van der Waals surface area contributed by atoms with Gasteiger partial charge in [-0.25, -0.2) is 4.57 Å². The molecule has 0 rings (SSSR count). The van der Waals surface area contributed by atoms with Crippen LogP contribution < -0.4 is 5.73 Å². The fourth-order valence-electron chi connectivity index (χ4n) is 6.36. The first kappa shape index (κ1) is 52.5. The SMILES string of the molecule is CCCCCCCCCCCCCCCCCCCCCCCC(=O)OC[C@@H](COP(=O)(O)OC[C@H](N)C(=O)O)OC(=O)CCCCCCCCCCC. The van der Waals surface area contributed by atoms with Gasteiger partial charge < -0.3 is 25.2 Å². The van der Waals surface area contributed by atoms with Crippen LogP contribution in [0.15, 0.2) is 0 Å².